The molecule has 118 valence electrons. The first kappa shape index (κ1) is 16.4. The van der Waals surface area contributed by atoms with Crippen molar-refractivity contribution in [2.75, 3.05) is 6.54 Å². The van der Waals surface area contributed by atoms with E-state index in [4.69, 9.17) is 5.73 Å². The van der Waals surface area contributed by atoms with Crippen LogP contribution >= 0.6 is 0 Å². The molecule has 2 nitrogen and oxygen atoms in total. The van der Waals surface area contributed by atoms with E-state index in [0.717, 1.165) is 37.8 Å². The van der Waals surface area contributed by atoms with E-state index in [1.54, 1.807) is 12.1 Å². The van der Waals surface area contributed by atoms with Gasteiger partial charge < -0.3 is 5.73 Å². The number of nitrogens with two attached hydrogens (primary N) is 1. The van der Waals surface area contributed by atoms with Crippen molar-refractivity contribution < 1.29 is 4.39 Å². The lowest BCUT2D eigenvalue weighted by atomic mass is 9.89. The van der Waals surface area contributed by atoms with E-state index < -0.39 is 0 Å². The van der Waals surface area contributed by atoms with E-state index in [2.05, 4.69) is 18.7 Å². The summed E-state index contributed by atoms with van der Waals surface area (Å²) in [7, 11) is 0. The van der Waals surface area contributed by atoms with Gasteiger partial charge in [0.15, 0.2) is 0 Å². The summed E-state index contributed by atoms with van der Waals surface area (Å²) in [5.41, 5.74) is 7.12. The van der Waals surface area contributed by atoms with Crippen molar-refractivity contribution in [3.63, 3.8) is 0 Å². The first-order valence-corrected chi connectivity index (χ1v) is 8.36. The maximum atomic E-state index is 13.3. The molecule has 1 aliphatic rings. The van der Waals surface area contributed by atoms with Crippen LogP contribution in [0.4, 0.5) is 4.39 Å². The van der Waals surface area contributed by atoms with Crippen molar-refractivity contribution in [1.29, 1.82) is 0 Å². The van der Waals surface area contributed by atoms with Crippen molar-refractivity contribution >= 4 is 0 Å². The third kappa shape index (κ3) is 4.79. The lowest BCUT2D eigenvalue weighted by Crippen LogP contribution is -2.46. The molecule has 1 unspecified atom stereocenters. The summed E-state index contributed by atoms with van der Waals surface area (Å²) in [5, 5.41) is 0. The van der Waals surface area contributed by atoms with Crippen molar-refractivity contribution in [2.24, 2.45) is 5.73 Å². The minimum Gasteiger partial charge on any atom is -0.328 e. The molecule has 0 heterocycles. The smallest absolute Gasteiger partial charge is 0.123 e. The first-order valence-electron chi connectivity index (χ1n) is 8.36. The fraction of sp³-hybridized carbons (Fsp3) is 0.667. The summed E-state index contributed by atoms with van der Waals surface area (Å²) in [5.74, 6) is -0.134. The van der Waals surface area contributed by atoms with Gasteiger partial charge in [-0.25, -0.2) is 4.39 Å². The van der Waals surface area contributed by atoms with Crippen molar-refractivity contribution in [3.05, 3.63) is 35.6 Å². The van der Waals surface area contributed by atoms with Gasteiger partial charge in [0.2, 0.25) is 0 Å². The van der Waals surface area contributed by atoms with Crippen molar-refractivity contribution in [2.45, 2.75) is 70.5 Å². The van der Waals surface area contributed by atoms with Crippen LogP contribution in [0.15, 0.2) is 24.3 Å². The topological polar surface area (TPSA) is 29.3 Å². The maximum absolute atomic E-state index is 13.3. The Kier molecular flexibility index (Phi) is 6.19. The highest BCUT2D eigenvalue weighted by Gasteiger charge is 2.27. The Hall–Kier alpha value is -0.930. The molecule has 1 fully saturated rings. The third-order valence-corrected chi connectivity index (χ3v) is 4.68. The van der Waals surface area contributed by atoms with Crippen LogP contribution in [0.3, 0.4) is 0 Å². The van der Waals surface area contributed by atoms with Crippen LogP contribution in [-0.2, 0) is 6.42 Å². The molecular formula is C18H29FN2. The zero-order valence-electron chi connectivity index (χ0n) is 13.4. The van der Waals surface area contributed by atoms with E-state index in [1.165, 1.54) is 18.9 Å². The minimum absolute atomic E-state index is 0.134. The number of benzene rings is 1. The Balaban J connectivity index is 1.99. The molecule has 2 N–H and O–H groups in total. The Bertz CT molecular complexity index is 427. The van der Waals surface area contributed by atoms with Crippen molar-refractivity contribution in [3.8, 4) is 0 Å². The summed E-state index contributed by atoms with van der Waals surface area (Å²) in [6.45, 7) is 5.63. The highest BCUT2D eigenvalue weighted by molar-refractivity contribution is 5.17. The van der Waals surface area contributed by atoms with E-state index in [9.17, 15) is 4.39 Å². The first-order chi connectivity index (χ1) is 10.1. The van der Waals surface area contributed by atoms with E-state index in [-0.39, 0.29) is 5.82 Å². The molecular weight excluding hydrogens is 263 g/mol. The molecule has 0 aromatic heterocycles. The molecule has 2 rings (SSSR count). The normalized spacial score (nSPS) is 24.2. The summed E-state index contributed by atoms with van der Waals surface area (Å²) in [6.07, 6.45) is 6.76. The fourth-order valence-corrected chi connectivity index (χ4v) is 3.58. The quantitative estimate of drug-likeness (QED) is 0.865. The molecule has 0 aliphatic heterocycles. The zero-order chi connectivity index (χ0) is 15.2. The number of hydrogen-bond acceptors (Lipinski definition) is 2. The van der Waals surface area contributed by atoms with Gasteiger partial charge in [0.1, 0.15) is 5.82 Å². The standard InChI is InChI=1S/C18H29FN2/c1-3-11-21(18-9-7-17(20)8-10-18)14(2)12-15-5-4-6-16(19)13-15/h4-6,13-14,17-18H,3,7-12,20H2,1-2H3. The molecule has 1 atom stereocenters. The van der Waals surface area contributed by atoms with Crippen LogP contribution < -0.4 is 5.73 Å². The SMILES string of the molecule is CCCN(C(C)Cc1cccc(F)c1)C1CCC(N)CC1. The van der Waals surface area contributed by atoms with Crippen LogP contribution in [0.2, 0.25) is 0 Å². The van der Waals surface area contributed by atoms with Crippen LogP contribution in [-0.4, -0.2) is 29.6 Å². The van der Waals surface area contributed by atoms with Crippen molar-refractivity contribution in [1.82, 2.24) is 4.90 Å². The van der Waals surface area contributed by atoms with Gasteiger partial charge in [-0.2, -0.15) is 0 Å². The monoisotopic (exact) mass is 292 g/mol. The fourth-order valence-electron chi connectivity index (χ4n) is 3.58. The summed E-state index contributed by atoms with van der Waals surface area (Å²) in [4.78, 5) is 2.62. The minimum atomic E-state index is -0.134. The molecule has 1 aromatic rings. The van der Waals surface area contributed by atoms with E-state index >= 15 is 0 Å². The van der Waals surface area contributed by atoms with Crippen LogP contribution in [0.1, 0.15) is 51.5 Å². The van der Waals surface area contributed by atoms with Gasteiger partial charge in [-0.15, -0.1) is 0 Å². The van der Waals surface area contributed by atoms with Gasteiger partial charge in [-0.05, 0) is 69.7 Å². The predicted molar refractivity (Wildman–Crippen MR) is 86.8 cm³/mol. The molecule has 3 heteroatoms. The Morgan fingerprint density at radius 2 is 2.00 bits per heavy atom. The number of halogens is 1. The molecule has 0 saturated heterocycles. The number of hydrogen-bond donors (Lipinski definition) is 1. The highest BCUT2D eigenvalue weighted by atomic mass is 19.1. The van der Waals surface area contributed by atoms with Gasteiger partial charge in [-0.3, -0.25) is 4.90 Å². The average molecular weight is 292 g/mol. The third-order valence-electron chi connectivity index (χ3n) is 4.68. The Morgan fingerprint density at radius 3 is 2.62 bits per heavy atom. The second-order valence-corrected chi connectivity index (χ2v) is 6.49. The van der Waals surface area contributed by atoms with Gasteiger partial charge in [0.25, 0.3) is 0 Å². The molecule has 1 aliphatic carbocycles. The number of rotatable bonds is 6. The molecule has 0 bridgehead atoms. The van der Waals surface area contributed by atoms with Gasteiger partial charge >= 0.3 is 0 Å². The maximum Gasteiger partial charge on any atom is 0.123 e. The lowest BCUT2D eigenvalue weighted by molar-refractivity contribution is 0.107. The highest BCUT2D eigenvalue weighted by Crippen LogP contribution is 2.25. The van der Waals surface area contributed by atoms with Gasteiger partial charge in [-0.1, -0.05) is 19.1 Å². The predicted octanol–water partition coefficient (Wildman–Crippen LogP) is 3.74. The zero-order valence-corrected chi connectivity index (χ0v) is 13.4. The van der Waals surface area contributed by atoms with Crippen LogP contribution in [0.5, 0.6) is 0 Å². The van der Waals surface area contributed by atoms with Gasteiger partial charge in [0, 0.05) is 18.1 Å². The largest absolute Gasteiger partial charge is 0.328 e. The number of nitrogens with zero attached hydrogens (tertiary/aromatic N) is 1. The molecule has 21 heavy (non-hydrogen) atoms. The average Bonchev–Trinajstić information content (AvgIpc) is 2.46. The second kappa shape index (κ2) is 7.90. The molecule has 0 amide bonds. The summed E-state index contributed by atoms with van der Waals surface area (Å²) >= 11 is 0. The Morgan fingerprint density at radius 1 is 1.29 bits per heavy atom. The Labute approximate surface area is 128 Å². The van der Waals surface area contributed by atoms with Crippen LogP contribution in [0, 0.1) is 5.82 Å². The summed E-state index contributed by atoms with van der Waals surface area (Å²) in [6, 6.07) is 8.50. The van der Waals surface area contributed by atoms with E-state index in [1.807, 2.05) is 6.07 Å². The second-order valence-electron chi connectivity index (χ2n) is 6.49. The lowest BCUT2D eigenvalue weighted by Gasteiger charge is -2.40. The molecule has 1 saturated carbocycles. The van der Waals surface area contributed by atoms with E-state index in [0.29, 0.717) is 18.1 Å². The molecule has 0 spiro atoms. The van der Waals surface area contributed by atoms with Gasteiger partial charge in [0.05, 0.1) is 0 Å². The molecule has 1 aromatic carbocycles. The molecule has 0 radical (unpaired) electrons. The van der Waals surface area contributed by atoms with Crippen LogP contribution in [0.25, 0.3) is 0 Å². The summed E-state index contributed by atoms with van der Waals surface area (Å²) < 4.78 is 13.3.